The van der Waals surface area contributed by atoms with Gasteiger partial charge in [0, 0.05) is 5.70 Å². The smallest absolute Gasteiger partial charge is 0.335 e. The first-order valence-corrected chi connectivity index (χ1v) is 7.40. The summed E-state index contributed by atoms with van der Waals surface area (Å²) in [5, 5.41) is 12.9. The Kier molecular flexibility index (Phi) is 2.94. The van der Waals surface area contributed by atoms with Crippen LogP contribution in [-0.4, -0.2) is 20.6 Å². The number of allylic oxidation sites excluding steroid dienone is 1. The van der Waals surface area contributed by atoms with E-state index in [0.717, 1.165) is 16.6 Å². The van der Waals surface area contributed by atoms with Crippen LogP contribution in [0.3, 0.4) is 0 Å². The molecule has 1 aliphatic rings. The topological polar surface area (TPSA) is 67.1 Å². The number of benzene rings is 2. The molecule has 0 spiro atoms. The van der Waals surface area contributed by atoms with Crippen LogP contribution in [0.2, 0.25) is 0 Å². The van der Waals surface area contributed by atoms with Crippen molar-refractivity contribution in [3.63, 3.8) is 0 Å². The number of anilines is 1. The number of aliphatic carboxylic acids is 1. The zero-order chi connectivity index (χ0) is 16.0. The van der Waals surface area contributed by atoms with Gasteiger partial charge in [-0.15, -0.1) is 0 Å². The predicted molar refractivity (Wildman–Crippen MR) is 88.3 cm³/mol. The van der Waals surface area contributed by atoms with E-state index in [1.165, 1.54) is 0 Å². The number of imidazole rings is 1. The molecule has 0 radical (unpaired) electrons. The quantitative estimate of drug-likeness (QED) is 0.761. The Bertz CT molecular complexity index is 941. The van der Waals surface area contributed by atoms with Gasteiger partial charge in [0.25, 0.3) is 0 Å². The van der Waals surface area contributed by atoms with Crippen LogP contribution in [0.4, 0.5) is 5.95 Å². The fourth-order valence-corrected chi connectivity index (χ4v) is 3.19. The van der Waals surface area contributed by atoms with Crippen molar-refractivity contribution in [2.45, 2.75) is 13.0 Å². The maximum Gasteiger partial charge on any atom is 0.335 e. The lowest BCUT2D eigenvalue weighted by Gasteiger charge is -2.29. The van der Waals surface area contributed by atoms with Crippen LogP contribution in [0.25, 0.3) is 11.0 Å². The van der Waals surface area contributed by atoms with E-state index in [0.29, 0.717) is 17.2 Å². The van der Waals surface area contributed by atoms with Crippen LogP contribution in [-0.2, 0) is 4.79 Å². The molecule has 0 unspecified atom stereocenters. The van der Waals surface area contributed by atoms with Gasteiger partial charge in [-0.2, -0.15) is 0 Å². The van der Waals surface area contributed by atoms with Gasteiger partial charge in [-0.1, -0.05) is 42.5 Å². The fraction of sp³-hybridized carbons (Fsp3) is 0.111. The van der Waals surface area contributed by atoms with Gasteiger partial charge < -0.3 is 10.4 Å². The Labute approximate surface area is 132 Å². The molecule has 2 heterocycles. The number of hydrogen-bond donors (Lipinski definition) is 2. The molecule has 2 N–H and O–H groups in total. The van der Waals surface area contributed by atoms with Gasteiger partial charge in [-0.05, 0) is 24.6 Å². The summed E-state index contributed by atoms with van der Waals surface area (Å²) >= 11 is 0. The Morgan fingerprint density at radius 3 is 2.57 bits per heavy atom. The molecule has 1 aromatic heterocycles. The molecular formula is C18H15N3O2. The maximum absolute atomic E-state index is 11.9. The third-order valence-electron chi connectivity index (χ3n) is 4.18. The first kappa shape index (κ1) is 13.6. The third-order valence-corrected chi connectivity index (χ3v) is 4.18. The minimum atomic E-state index is -0.924. The van der Waals surface area contributed by atoms with E-state index in [-0.39, 0.29) is 0 Å². The molecule has 114 valence electrons. The summed E-state index contributed by atoms with van der Waals surface area (Å²) in [6.45, 7) is 1.78. The van der Waals surface area contributed by atoms with Crippen molar-refractivity contribution in [2.24, 2.45) is 0 Å². The van der Waals surface area contributed by atoms with Crippen molar-refractivity contribution < 1.29 is 9.90 Å². The second-order valence-corrected chi connectivity index (χ2v) is 5.58. The van der Waals surface area contributed by atoms with Gasteiger partial charge in [0.05, 0.1) is 22.6 Å². The van der Waals surface area contributed by atoms with Crippen molar-refractivity contribution in [1.29, 1.82) is 0 Å². The van der Waals surface area contributed by atoms with Gasteiger partial charge in [-0.3, -0.25) is 4.57 Å². The van der Waals surface area contributed by atoms with Crippen molar-refractivity contribution in [3.8, 4) is 0 Å². The summed E-state index contributed by atoms with van der Waals surface area (Å²) in [6, 6.07) is 17.0. The van der Waals surface area contributed by atoms with Gasteiger partial charge >= 0.3 is 5.97 Å². The summed E-state index contributed by atoms with van der Waals surface area (Å²) < 4.78 is 1.96. The number of para-hydroxylation sites is 2. The fourth-order valence-electron chi connectivity index (χ4n) is 3.19. The second-order valence-electron chi connectivity index (χ2n) is 5.58. The van der Waals surface area contributed by atoms with Crippen LogP contribution in [0, 0.1) is 0 Å². The normalized spacial score (nSPS) is 17.0. The predicted octanol–water partition coefficient (Wildman–Crippen LogP) is 3.41. The first-order chi connectivity index (χ1) is 11.2. The number of aromatic nitrogens is 2. The summed E-state index contributed by atoms with van der Waals surface area (Å²) in [6.07, 6.45) is 0. The van der Waals surface area contributed by atoms with Crippen LogP contribution in [0.15, 0.2) is 65.9 Å². The molecule has 5 nitrogen and oxygen atoms in total. The van der Waals surface area contributed by atoms with Gasteiger partial charge in [0.2, 0.25) is 5.95 Å². The van der Waals surface area contributed by atoms with E-state index < -0.39 is 12.0 Å². The average molecular weight is 305 g/mol. The minimum absolute atomic E-state index is 0.340. The molecule has 0 saturated heterocycles. The highest BCUT2D eigenvalue weighted by Crippen LogP contribution is 2.38. The monoisotopic (exact) mass is 305 g/mol. The number of fused-ring (bicyclic) bond motifs is 3. The molecule has 0 saturated carbocycles. The largest absolute Gasteiger partial charge is 0.478 e. The lowest BCUT2D eigenvalue weighted by atomic mass is 9.95. The molecule has 4 rings (SSSR count). The van der Waals surface area contributed by atoms with E-state index in [9.17, 15) is 9.90 Å². The third kappa shape index (κ3) is 2.01. The zero-order valence-electron chi connectivity index (χ0n) is 12.5. The highest BCUT2D eigenvalue weighted by Gasteiger charge is 2.33. The molecule has 5 heteroatoms. The van der Waals surface area contributed by atoms with E-state index in [4.69, 9.17) is 0 Å². The molecule has 3 aromatic rings. The summed E-state index contributed by atoms with van der Waals surface area (Å²) in [4.78, 5) is 16.5. The second kappa shape index (κ2) is 4.98. The molecule has 23 heavy (non-hydrogen) atoms. The van der Waals surface area contributed by atoms with Crippen LogP contribution in [0.1, 0.15) is 18.5 Å². The van der Waals surface area contributed by atoms with Gasteiger partial charge in [-0.25, -0.2) is 9.78 Å². The lowest BCUT2D eigenvalue weighted by molar-refractivity contribution is -0.133. The number of nitrogens with zero attached hydrogens (tertiary/aromatic N) is 2. The van der Waals surface area contributed by atoms with Crippen molar-refractivity contribution in [1.82, 2.24) is 9.55 Å². The highest BCUT2D eigenvalue weighted by atomic mass is 16.4. The summed E-state index contributed by atoms with van der Waals surface area (Å²) in [5.74, 6) is -0.255. The first-order valence-electron chi connectivity index (χ1n) is 7.40. The van der Waals surface area contributed by atoms with Crippen molar-refractivity contribution in [3.05, 3.63) is 71.4 Å². The Hall–Kier alpha value is -3.08. The highest BCUT2D eigenvalue weighted by molar-refractivity contribution is 5.92. The van der Waals surface area contributed by atoms with Crippen LogP contribution >= 0.6 is 0 Å². The minimum Gasteiger partial charge on any atom is -0.478 e. The average Bonchev–Trinajstić information content (AvgIpc) is 2.91. The Morgan fingerprint density at radius 1 is 1.13 bits per heavy atom. The molecule has 0 aliphatic carbocycles. The van der Waals surface area contributed by atoms with Crippen LogP contribution < -0.4 is 5.32 Å². The number of nitrogens with one attached hydrogen (secondary N) is 1. The molecule has 0 fully saturated rings. The molecule has 2 aromatic carbocycles. The molecule has 0 amide bonds. The van der Waals surface area contributed by atoms with Gasteiger partial charge in [0.15, 0.2) is 0 Å². The van der Waals surface area contributed by atoms with Gasteiger partial charge in [0.1, 0.15) is 0 Å². The Balaban J connectivity index is 2.05. The molecule has 1 atom stereocenters. The zero-order valence-corrected chi connectivity index (χ0v) is 12.5. The number of carboxylic acids is 1. The van der Waals surface area contributed by atoms with Crippen molar-refractivity contribution >= 4 is 23.0 Å². The number of carbonyl (C=O) groups is 1. The lowest BCUT2D eigenvalue weighted by Crippen LogP contribution is -2.27. The SMILES string of the molecule is CC1=C(C(=O)O)[C@H](c2ccccc2)n2c(nc3ccccc32)N1. The molecule has 1 aliphatic heterocycles. The molecule has 0 bridgehead atoms. The number of rotatable bonds is 2. The Morgan fingerprint density at radius 2 is 1.83 bits per heavy atom. The van der Waals surface area contributed by atoms with E-state index in [1.54, 1.807) is 6.92 Å². The molecular weight excluding hydrogens is 290 g/mol. The van der Waals surface area contributed by atoms with E-state index >= 15 is 0 Å². The summed E-state index contributed by atoms with van der Waals surface area (Å²) in [5.41, 5.74) is 3.64. The van der Waals surface area contributed by atoms with E-state index in [1.807, 2.05) is 59.2 Å². The van der Waals surface area contributed by atoms with Crippen LogP contribution in [0.5, 0.6) is 0 Å². The maximum atomic E-state index is 11.9. The standard InChI is InChI=1S/C18H15N3O2/c1-11-15(17(22)23)16(12-7-3-2-4-8-12)21-14-10-6-5-9-13(14)20-18(21)19-11/h2-10,16H,1H3,(H,19,20)(H,22,23)/t16-/m0/s1. The van der Waals surface area contributed by atoms with Crippen molar-refractivity contribution in [2.75, 3.05) is 5.32 Å². The number of hydrogen-bond acceptors (Lipinski definition) is 3. The van der Waals surface area contributed by atoms with E-state index in [2.05, 4.69) is 10.3 Å². The summed E-state index contributed by atoms with van der Waals surface area (Å²) in [7, 11) is 0. The number of carboxylic acid groups (broad SMARTS) is 1.